The molecule has 0 fully saturated rings. The molecule has 0 bridgehead atoms. The first-order valence-electron chi connectivity index (χ1n) is 5.21. The average Bonchev–Trinajstić information content (AvgIpc) is 2.85. The van der Waals surface area contributed by atoms with Crippen LogP contribution in [-0.4, -0.2) is 42.0 Å². The fraction of sp³-hybridized carbons (Fsp3) is 0.300. The number of tetrazole rings is 1. The highest BCUT2D eigenvalue weighted by Gasteiger charge is 2.16. The minimum absolute atomic E-state index is 0.0693. The van der Waals surface area contributed by atoms with Gasteiger partial charge in [0, 0.05) is 12.4 Å². The van der Waals surface area contributed by atoms with Crippen LogP contribution < -0.4 is 0 Å². The third kappa shape index (κ3) is 2.83. The lowest BCUT2D eigenvalue weighted by atomic mass is 10.1. The molecule has 0 aliphatic carbocycles. The number of hydrogen-bond donors (Lipinski definition) is 1. The first kappa shape index (κ1) is 12.5. The van der Waals surface area contributed by atoms with E-state index in [1.807, 2.05) is 19.1 Å². The van der Waals surface area contributed by atoms with Crippen molar-refractivity contribution in [3.8, 4) is 0 Å². The van der Waals surface area contributed by atoms with Gasteiger partial charge < -0.3 is 5.11 Å². The van der Waals surface area contributed by atoms with E-state index >= 15 is 0 Å². The lowest BCUT2D eigenvalue weighted by molar-refractivity contribution is -0.133. The van der Waals surface area contributed by atoms with Crippen molar-refractivity contribution in [3.05, 3.63) is 30.1 Å². The van der Waals surface area contributed by atoms with Gasteiger partial charge in [-0.3, -0.25) is 9.78 Å². The fourth-order valence-electron chi connectivity index (χ4n) is 1.41. The fourth-order valence-corrected chi connectivity index (χ4v) is 2.09. The third-order valence-electron chi connectivity index (χ3n) is 2.32. The standard InChI is InChI=1S/C10H11N5O2S/c1-7(8-3-2-4-11-5-8)15-10(12-13-14-15)18-6-9(16)17/h2-5,7H,6H2,1H3,(H,16,17). The lowest BCUT2D eigenvalue weighted by Crippen LogP contribution is -2.11. The molecule has 0 saturated heterocycles. The minimum atomic E-state index is -0.899. The molecule has 0 aliphatic heterocycles. The molecule has 0 aromatic carbocycles. The number of aliphatic carboxylic acids is 1. The van der Waals surface area contributed by atoms with E-state index in [0.717, 1.165) is 17.3 Å². The zero-order chi connectivity index (χ0) is 13.0. The maximum absolute atomic E-state index is 10.5. The van der Waals surface area contributed by atoms with Gasteiger partial charge in [-0.25, -0.2) is 4.68 Å². The number of carboxylic acids is 1. The normalized spacial score (nSPS) is 12.3. The molecule has 8 heteroatoms. The van der Waals surface area contributed by atoms with Crippen LogP contribution in [0.4, 0.5) is 0 Å². The average molecular weight is 265 g/mol. The number of nitrogens with zero attached hydrogens (tertiary/aromatic N) is 5. The van der Waals surface area contributed by atoms with Crippen LogP contribution in [0.25, 0.3) is 0 Å². The molecular weight excluding hydrogens is 254 g/mol. The molecule has 2 aromatic heterocycles. The van der Waals surface area contributed by atoms with Crippen LogP contribution in [-0.2, 0) is 4.79 Å². The largest absolute Gasteiger partial charge is 0.481 e. The van der Waals surface area contributed by atoms with Crippen molar-refractivity contribution in [1.29, 1.82) is 0 Å². The molecule has 0 radical (unpaired) electrons. The summed E-state index contributed by atoms with van der Waals surface area (Å²) in [5, 5.41) is 20.4. The Labute approximate surface area is 107 Å². The van der Waals surface area contributed by atoms with E-state index in [1.54, 1.807) is 17.1 Å². The Hall–Kier alpha value is -1.96. The zero-order valence-corrected chi connectivity index (χ0v) is 10.4. The Morgan fingerprint density at radius 3 is 3.11 bits per heavy atom. The van der Waals surface area contributed by atoms with Gasteiger partial charge in [-0.1, -0.05) is 17.8 Å². The van der Waals surface area contributed by atoms with Gasteiger partial charge in [-0.05, 0) is 29.0 Å². The number of rotatable bonds is 5. The molecule has 0 saturated carbocycles. The van der Waals surface area contributed by atoms with Gasteiger partial charge in [0.2, 0.25) is 5.16 Å². The van der Waals surface area contributed by atoms with Gasteiger partial charge in [0.1, 0.15) is 0 Å². The van der Waals surface area contributed by atoms with Gasteiger partial charge in [0.15, 0.2) is 0 Å². The van der Waals surface area contributed by atoms with Crippen LogP contribution in [0.15, 0.2) is 29.7 Å². The first-order valence-corrected chi connectivity index (χ1v) is 6.19. The molecular formula is C10H11N5O2S. The summed E-state index contributed by atoms with van der Waals surface area (Å²) in [7, 11) is 0. The smallest absolute Gasteiger partial charge is 0.313 e. The lowest BCUT2D eigenvalue weighted by Gasteiger charge is -2.12. The van der Waals surface area contributed by atoms with Crippen LogP contribution in [0.3, 0.4) is 0 Å². The van der Waals surface area contributed by atoms with Crippen LogP contribution in [0.5, 0.6) is 0 Å². The highest BCUT2D eigenvalue weighted by atomic mass is 32.2. The van der Waals surface area contributed by atoms with Gasteiger partial charge in [0.25, 0.3) is 0 Å². The van der Waals surface area contributed by atoms with E-state index in [-0.39, 0.29) is 11.8 Å². The van der Waals surface area contributed by atoms with Crippen molar-refractivity contribution in [2.24, 2.45) is 0 Å². The maximum Gasteiger partial charge on any atom is 0.313 e. The zero-order valence-electron chi connectivity index (χ0n) is 9.59. The van der Waals surface area contributed by atoms with Crippen LogP contribution in [0.1, 0.15) is 18.5 Å². The summed E-state index contributed by atoms with van der Waals surface area (Å²) in [6.07, 6.45) is 3.42. The van der Waals surface area contributed by atoms with E-state index < -0.39 is 5.97 Å². The molecule has 2 aromatic rings. The molecule has 0 amide bonds. The highest BCUT2D eigenvalue weighted by Crippen LogP contribution is 2.21. The second-order valence-electron chi connectivity index (χ2n) is 3.55. The Kier molecular flexibility index (Phi) is 3.88. The summed E-state index contributed by atoms with van der Waals surface area (Å²) in [5.41, 5.74) is 0.960. The van der Waals surface area contributed by atoms with E-state index in [4.69, 9.17) is 5.11 Å². The van der Waals surface area contributed by atoms with Crippen molar-refractivity contribution in [2.75, 3.05) is 5.75 Å². The van der Waals surface area contributed by atoms with E-state index in [1.165, 1.54) is 0 Å². The summed E-state index contributed by atoms with van der Waals surface area (Å²) in [4.78, 5) is 14.6. The second-order valence-corrected chi connectivity index (χ2v) is 4.49. The van der Waals surface area contributed by atoms with E-state index in [9.17, 15) is 4.79 Å². The van der Waals surface area contributed by atoms with Crippen molar-refractivity contribution >= 4 is 17.7 Å². The van der Waals surface area contributed by atoms with Gasteiger partial charge in [-0.2, -0.15) is 0 Å². The van der Waals surface area contributed by atoms with Gasteiger partial charge >= 0.3 is 5.97 Å². The summed E-state index contributed by atoms with van der Waals surface area (Å²) in [5.74, 6) is -0.969. The Balaban J connectivity index is 2.18. The summed E-state index contributed by atoms with van der Waals surface area (Å²) < 4.78 is 1.59. The van der Waals surface area contributed by atoms with Crippen LogP contribution in [0, 0.1) is 0 Å². The molecule has 2 rings (SSSR count). The second kappa shape index (κ2) is 5.58. The number of carbonyl (C=O) groups is 1. The van der Waals surface area contributed by atoms with Gasteiger partial charge in [-0.15, -0.1) is 5.10 Å². The van der Waals surface area contributed by atoms with E-state index in [2.05, 4.69) is 20.5 Å². The highest BCUT2D eigenvalue weighted by molar-refractivity contribution is 7.99. The minimum Gasteiger partial charge on any atom is -0.481 e. The molecule has 94 valence electrons. The topological polar surface area (TPSA) is 93.8 Å². The molecule has 7 nitrogen and oxygen atoms in total. The number of pyridine rings is 1. The van der Waals surface area contributed by atoms with Crippen LogP contribution in [0.2, 0.25) is 0 Å². The summed E-state index contributed by atoms with van der Waals surface area (Å²) in [6.45, 7) is 1.93. The molecule has 0 spiro atoms. The van der Waals surface area contributed by atoms with E-state index in [0.29, 0.717) is 5.16 Å². The molecule has 0 aliphatic rings. The van der Waals surface area contributed by atoms with Crippen molar-refractivity contribution in [1.82, 2.24) is 25.2 Å². The molecule has 18 heavy (non-hydrogen) atoms. The quantitative estimate of drug-likeness (QED) is 0.801. The number of hydrogen-bond acceptors (Lipinski definition) is 6. The Morgan fingerprint density at radius 2 is 2.44 bits per heavy atom. The summed E-state index contributed by atoms with van der Waals surface area (Å²) in [6, 6.07) is 3.66. The van der Waals surface area contributed by atoms with Crippen molar-refractivity contribution in [2.45, 2.75) is 18.1 Å². The SMILES string of the molecule is CC(c1cccnc1)n1nnnc1SCC(=O)O. The van der Waals surface area contributed by atoms with Crippen molar-refractivity contribution in [3.63, 3.8) is 0 Å². The number of aromatic nitrogens is 5. The summed E-state index contributed by atoms with van der Waals surface area (Å²) >= 11 is 1.09. The third-order valence-corrected chi connectivity index (χ3v) is 3.24. The van der Waals surface area contributed by atoms with Gasteiger partial charge in [0.05, 0.1) is 11.8 Å². The number of thioether (sulfide) groups is 1. The molecule has 1 N–H and O–H groups in total. The molecule has 1 atom stereocenters. The number of carboxylic acid groups (broad SMARTS) is 1. The monoisotopic (exact) mass is 265 g/mol. The van der Waals surface area contributed by atoms with Crippen molar-refractivity contribution < 1.29 is 9.90 Å². The molecule has 2 heterocycles. The molecule has 1 unspecified atom stereocenters. The predicted octanol–water partition coefficient (Wildman–Crippen LogP) is 0.854. The Morgan fingerprint density at radius 1 is 1.61 bits per heavy atom. The maximum atomic E-state index is 10.5. The van der Waals surface area contributed by atoms with Crippen LogP contribution >= 0.6 is 11.8 Å². The first-order chi connectivity index (χ1) is 8.68. The Bertz CT molecular complexity index is 530. The predicted molar refractivity (Wildman–Crippen MR) is 64.2 cm³/mol.